The topological polar surface area (TPSA) is 38.3 Å². The number of hydrogen-bond donors (Lipinski definition) is 1. The molecule has 3 heteroatoms. The summed E-state index contributed by atoms with van der Waals surface area (Å²) >= 11 is 0. The molecule has 30 heavy (non-hydrogen) atoms. The van der Waals surface area contributed by atoms with Crippen molar-refractivity contribution in [3.63, 3.8) is 0 Å². The highest BCUT2D eigenvalue weighted by molar-refractivity contribution is 5.89. The molecule has 2 aromatic carbocycles. The summed E-state index contributed by atoms with van der Waals surface area (Å²) in [5.41, 5.74) is 5.84. The number of esters is 1. The molecule has 2 aromatic rings. The smallest absolute Gasteiger partial charge is 0.337 e. The molecule has 0 bridgehead atoms. The average molecular weight is 406 g/mol. The molecule has 1 N–H and O–H groups in total. The minimum Gasteiger partial charge on any atom is -0.465 e. The third-order valence-electron chi connectivity index (χ3n) is 3.62. The molecule has 0 aliphatic rings. The van der Waals surface area contributed by atoms with E-state index in [2.05, 4.69) is 23.2 Å². The lowest BCUT2D eigenvalue weighted by molar-refractivity contribution is 0.0600. The highest BCUT2D eigenvalue weighted by Crippen LogP contribution is 2.15. The zero-order valence-electron chi connectivity index (χ0n) is 19.2. The Hall–Kier alpha value is -3.33. The first kappa shape index (κ1) is 26.7. The second kappa shape index (κ2) is 15.6. The molecule has 0 amide bonds. The van der Waals surface area contributed by atoms with Gasteiger partial charge in [0.15, 0.2) is 0 Å². The van der Waals surface area contributed by atoms with Gasteiger partial charge in [0.25, 0.3) is 0 Å². The van der Waals surface area contributed by atoms with E-state index in [1.165, 1.54) is 7.11 Å². The van der Waals surface area contributed by atoms with Gasteiger partial charge in [0.2, 0.25) is 0 Å². The van der Waals surface area contributed by atoms with Crippen LogP contribution in [0.3, 0.4) is 0 Å². The Balaban J connectivity index is 0.000000590. The van der Waals surface area contributed by atoms with Gasteiger partial charge in [-0.25, -0.2) is 4.79 Å². The number of nitrogens with one attached hydrogen (secondary N) is 1. The summed E-state index contributed by atoms with van der Waals surface area (Å²) in [5.74, 6) is -0.314. The molecule has 0 saturated carbocycles. The molecule has 2 rings (SSSR count). The number of benzene rings is 2. The molecule has 0 aliphatic heterocycles. The third kappa shape index (κ3) is 11.5. The molecule has 160 valence electrons. The molecular weight excluding hydrogens is 370 g/mol. The van der Waals surface area contributed by atoms with E-state index in [-0.39, 0.29) is 5.97 Å². The van der Waals surface area contributed by atoms with Crippen LogP contribution in [0.25, 0.3) is 5.57 Å². The third-order valence-corrected chi connectivity index (χ3v) is 3.62. The minimum absolute atomic E-state index is 0.314. The van der Waals surface area contributed by atoms with Crippen LogP contribution in [-0.4, -0.2) is 13.1 Å². The zero-order valence-corrected chi connectivity index (χ0v) is 19.2. The van der Waals surface area contributed by atoms with Gasteiger partial charge >= 0.3 is 5.97 Å². The summed E-state index contributed by atoms with van der Waals surface area (Å²) < 4.78 is 4.65. The molecule has 3 nitrogen and oxygen atoms in total. The Bertz CT molecular complexity index is 844. The molecule has 0 aromatic heterocycles. The Morgan fingerprint density at radius 3 is 1.90 bits per heavy atom. The van der Waals surface area contributed by atoms with Gasteiger partial charge in [-0.3, -0.25) is 0 Å². The number of carbonyl (C=O) groups is 1. The molecule has 0 fully saturated rings. The van der Waals surface area contributed by atoms with Crippen molar-refractivity contribution >= 4 is 17.2 Å². The number of hydrogen-bond acceptors (Lipinski definition) is 3. The predicted octanol–water partition coefficient (Wildman–Crippen LogP) is 7.67. The highest BCUT2D eigenvalue weighted by atomic mass is 16.5. The SMILES string of the molecule is C=C(C)/C=C\C=C(/C)c1ccc(C(=O)OC)cc1.C=C(C)Nc1ccccc1.CC. The summed E-state index contributed by atoms with van der Waals surface area (Å²) in [5, 5.41) is 3.11. The fourth-order valence-electron chi connectivity index (χ4n) is 2.21. The minimum atomic E-state index is -0.314. The van der Waals surface area contributed by atoms with Crippen molar-refractivity contribution in [3.8, 4) is 0 Å². The molecule has 0 spiro atoms. The quantitative estimate of drug-likeness (QED) is 0.396. The van der Waals surface area contributed by atoms with E-state index >= 15 is 0 Å². The highest BCUT2D eigenvalue weighted by Gasteiger charge is 2.04. The maximum absolute atomic E-state index is 11.3. The second-order valence-corrected chi connectivity index (χ2v) is 6.40. The average Bonchev–Trinajstić information content (AvgIpc) is 2.75. The standard InChI is InChI=1S/C16H18O2.C9H11N.C2H6/c1-12(2)6-5-7-13(3)14-8-10-15(11-9-14)16(17)18-4;1-8(2)10-9-6-4-3-5-7-9;1-2/h5-11H,1H2,2-4H3;3-7,10H,1H2,2H3;1-2H3/b6-5-,13-7+;;. The molecule has 0 aliphatic carbocycles. The lowest BCUT2D eigenvalue weighted by Crippen LogP contribution is -2.00. The lowest BCUT2D eigenvalue weighted by Gasteiger charge is -2.02. The maximum atomic E-state index is 11.3. The molecule has 0 saturated heterocycles. The van der Waals surface area contributed by atoms with Crippen LogP contribution in [-0.2, 0) is 4.74 Å². The van der Waals surface area contributed by atoms with Crippen LogP contribution >= 0.6 is 0 Å². The van der Waals surface area contributed by atoms with Crippen molar-refractivity contribution in [2.24, 2.45) is 0 Å². The van der Waals surface area contributed by atoms with Gasteiger partial charge < -0.3 is 10.1 Å². The number of allylic oxidation sites excluding steroid dienone is 6. The summed E-state index contributed by atoms with van der Waals surface area (Å²) in [4.78, 5) is 11.3. The van der Waals surface area contributed by atoms with Crippen LogP contribution in [0.1, 0.15) is 50.5 Å². The molecular formula is C27H35NO2. The molecule has 0 heterocycles. The molecule has 0 radical (unpaired) electrons. The normalized spacial score (nSPS) is 10.1. The van der Waals surface area contributed by atoms with E-state index < -0.39 is 0 Å². The summed E-state index contributed by atoms with van der Waals surface area (Å²) in [7, 11) is 1.38. The van der Waals surface area contributed by atoms with E-state index in [1.807, 2.05) is 95.3 Å². The van der Waals surface area contributed by atoms with Gasteiger partial charge in [0.1, 0.15) is 0 Å². The van der Waals surface area contributed by atoms with Crippen molar-refractivity contribution in [2.75, 3.05) is 12.4 Å². The lowest BCUT2D eigenvalue weighted by atomic mass is 10.0. The number of ether oxygens (including phenoxy) is 1. The zero-order chi connectivity index (χ0) is 22.9. The number of carbonyl (C=O) groups excluding carboxylic acids is 1. The van der Waals surface area contributed by atoms with Crippen LogP contribution in [0.15, 0.2) is 97.3 Å². The van der Waals surface area contributed by atoms with E-state index in [1.54, 1.807) is 12.1 Å². The van der Waals surface area contributed by atoms with E-state index in [4.69, 9.17) is 0 Å². The van der Waals surface area contributed by atoms with Crippen molar-refractivity contribution in [2.45, 2.75) is 34.6 Å². The van der Waals surface area contributed by atoms with Gasteiger partial charge in [0, 0.05) is 11.4 Å². The number of methoxy groups -OCH3 is 1. The van der Waals surface area contributed by atoms with Crippen LogP contribution in [0.4, 0.5) is 5.69 Å². The molecule has 0 atom stereocenters. The summed E-state index contributed by atoms with van der Waals surface area (Å²) in [6, 6.07) is 17.3. The van der Waals surface area contributed by atoms with Crippen LogP contribution < -0.4 is 5.32 Å². The number of rotatable bonds is 6. The predicted molar refractivity (Wildman–Crippen MR) is 132 cm³/mol. The van der Waals surface area contributed by atoms with Crippen LogP contribution in [0.5, 0.6) is 0 Å². The van der Waals surface area contributed by atoms with Crippen molar-refractivity contribution in [1.29, 1.82) is 0 Å². The fraction of sp³-hybridized carbons (Fsp3) is 0.222. The molecule has 0 unspecified atom stereocenters. The number of para-hydroxylation sites is 1. The Kier molecular flexibility index (Phi) is 13.8. The van der Waals surface area contributed by atoms with Crippen LogP contribution in [0, 0.1) is 0 Å². The van der Waals surface area contributed by atoms with Crippen LogP contribution in [0.2, 0.25) is 0 Å². The van der Waals surface area contributed by atoms with Gasteiger partial charge in [-0.1, -0.05) is 81.1 Å². The number of anilines is 1. The Labute approximate surface area is 182 Å². The van der Waals surface area contributed by atoms with E-state index in [0.29, 0.717) is 5.56 Å². The summed E-state index contributed by atoms with van der Waals surface area (Å²) in [6.45, 7) is 17.4. The Morgan fingerprint density at radius 2 is 1.43 bits per heavy atom. The van der Waals surface area contributed by atoms with Crippen molar-refractivity contribution in [1.82, 2.24) is 0 Å². The fourth-order valence-corrected chi connectivity index (χ4v) is 2.21. The van der Waals surface area contributed by atoms with Crippen molar-refractivity contribution < 1.29 is 9.53 Å². The maximum Gasteiger partial charge on any atom is 0.337 e. The van der Waals surface area contributed by atoms with Gasteiger partial charge in [0.05, 0.1) is 12.7 Å². The van der Waals surface area contributed by atoms with Gasteiger partial charge in [-0.05, 0) is 56.2 Å². The Morgan fingerprint density at radius 1 is 0.900 bits per heavy atom. The van der Waals surface area contributed by atoms with E-state index in [0.717, 1.165) is 28.1 Å². The summed E-state index contributed by atoms with van der Waals surface area (Å²) in [6.07, 6.45) is 5.93. The first-order valence-corrected chi connectivity index (χ1v) is 10.00. The first-order valence-electron chi connectivity index (χ1n) is 10.00. The monoisotopic (exact) mass is 405 g/mol. The largest absolute Gasteiger partial charge is 0.465 e. The van der Waals surface area contributed by atoms with Crippen molar-refractivity contribution in [3.05, 3.63) is 108 Å². The van der Waals surface area contributed by atoms with Gasteiger partial charge in [-0.2, -0.15) is 0 Å². The second-order valence-electron chi connectivity index (χ2n) is 6.40. The van der Waals surface area contributed by atoms with E-state index in [9.17, 15) is 4.79 Å². The first-order chi connectivity index (χ1) is 14.3. The van der Waals surface area contributed by atoms with Gasteiger partial charge in [-0.15, -0.1) is 0 Å².